The third-order valence-corrected chi connectivity index (χ3v) is 2.09. The second-order valence-electron chi connectivity index (χ2n) is 3.62. The Morgan fingerprint density at radius 3 is 2.33 bits per heavy atom. The van der Waals surface area contributed by atoms with Gasteiger partial charge in [0.25, 0.3) is 0 Å². The van der Waals surface area contributed by atoms with E-state index in [0.29, 0.717) is 12.1 Å². The maximum absolute atomic E-state index is 12.8. The minimum atomic E-state index is -0.534. The van der Waals surface area contributed by atoms with Gasteiger partial charge in [0.1, 0.15) is 11.6 Å². The first kappa shape index (κ1) is 12.1. The van der Waals surface area contributed by atoms with Gasteiger partial charge in [0, 0.05) is 25.2 Å². The van der Waals surface area contributed by atoms with Crippen LogP contribution in [0.15, 0.2) is 18.2 Å². The molecule has 0 amide bonds. The van der Waals surface area contributed by atoms with E-state index in [1.54, 1.807) is 0 Å². The van der Waals surface area contributed by atoms with E-state index in [1.165, 1.54) is 12.1 Å². The number of rotatable bonds is 5. The molecule has 1 unspecified atom stereocenters. The van der Waals surface area contributed by atoms with Gasteiger partial charge in [-0.2, -0.15) is 0 Å². The van der Waals surface area contributed by atoms with Crippen molar-refractivity contribution < 1.29 is 8.78 Å². The smallest absolute Gasteiger partial charge is 0.126 e. The zero-order valence-corrected chi connectivity index (χ0v) is 8.98. The van der Waals surface area contributed by atoms with Gasteiger partial charge in [-0.1, -0.05) is 0 Å². The van der Waals surface area contributed by atoms with Crippen LogP contribution in [0.4, 0.5) is 8.78 Å². The van der Waals surface area contributed by atoms with Gasteiger partial charge in [-0.3, -0.25) is 0 Å². The van der Waals surface area contributed by atoms with Crippen molar-refractivity contribution in [1.29, 1.82) is 0 Å². The SMILES string of the molecule is CNCC(C)NCc1cc(F)cc(F)c1. The normalized spacial score (nSPS) is 12.8. The highest BCUT2D eigenvalue weighted by Crippen LogP contribution is 2.07. The summed E-state index contributed by atoms with van der Waals surface area (Å²) >= 11 is 0. The van der Waals surface area contributed by atoms with E-state index in [1.807, 2.05) is 14.0 Å². The van der Waals surface area contributed by atoms with Crippen LogP contribution in [0.1, 0.15) is 12.5 Å². The molecular formula is C11H16F2N2. The molecular weight excluding hydrogens is 198 g/mol. The van der Waals surface area contributed by atoms with Crippen LogP contribution in [0.2, 0.25) is 0 Å². The number of hydrogen-bond acceptors (Lipinski definition) is 2. The molecule has 1 rings (SSSR count). The summed E-state index contributed by atoms with van der Waals surface area (Å²) < 4.78 is 25.6. The van der Waals surface area contributed by atoms with Crippen molar-refractivity contribution >= 4 is 0 Å². The van der Waals surface area contributed by atoms with Crippen molar-refractivity contribution in [3.8, 4) is 0 Å². The fourth-order valence-corrected chi connectivity index (χ4v) is 1.38. The molecule has 0 radical (unpaired) electrons. The predicted molar refractivity (Wildman–Crippen MR) is 56.6 cm³/mol. The summed E-state index contributed by atoms with van der Waals surface area (Å²) in [6.07, 6.45) is 0. The van der Waals surface area contributed by atoms with Crippen molar-refractivity contribution in [2.75, 3.05) is 13.6 Å². The van der Waals surface area contributed by atoms with Crippen LogP contribution in [0, 0.1) is 11.6 Å². The van der Waals surface area contributed by atoms with Crippen LogP contribution >= 0.6 is 0 Å². The Morgan fingerprint density at radius 2 is 1.80 bits per heavy atom. The largest absolute Gasteiger partial charge is 0.318 e. The van der Waals surface area contributed by atoms with Gasteiger partial charge in [-0.05, 0) is 31.7 Å². The van der Waals surface area contributed by atoms with Crippen molar-refractivity contribution in [3.63, 3.8) is 0 Å². The highest BCUT2D eigenvalue weighted by Gasteiger charge is 2.02. The van der Waals surface area contributed by atoms with Crippen molar-refractivity contribution in [1.82, 2.24) is 10.6 Å². The van der Waals surface area contributed by atoms with Crippen LogP contribution in [0.5, 0.6) is 0 Å². The molecule has 0 saturated carbocycles. The Hall–Kier alpha value is -1.00. The highest BCUT2D eigenvalue weighted by molar-refractivity contribution is 5.17. The van der Waals surface area contributed by atoms with Gasteiger partial charge < -0.3 is 10.6 Å². The van der Waals surface area contributed by atoms with Gasteiger partial charge in [0.2, 0.25) is 0 Å². The Morgan fingerprint density at radius 1 is 1.20 bits per heavy atom. The second-order valence-corrected chi connectivity index (χ2v) is 3.62. The molecule has 1 aromatic carbocycles. The van der Waals surface area contributed by atoms with Crippen LogP contribution in [0.25, 0.3) is 0 Å². The third kappa shape index (κ3) is 4.36. The Labute approximate surface area is 88.7 Å². The molecule has 0 aliphatic carbocycles. The number of benzene rings is 1. The summed E-state index contributed by atoms with van der Waals surface area (Å²) in [4.78, 5) is 0. The molecule has 2 N–H and O–H groups in total. The van der Waals surface area contributed by atoms with Crippen LogP contribution < -0.4 is 10.6 Å². The summed E-state index contributed by atoms with van der Waals surface area (Å²) in [5, 5.41) is 6.17. The summed E-state index contributed by atoms with van der Waals surface area (Å²) in [6, 6.07) is 3.81. The summed E-state index contributed by atoms with van der Waals surface area (Å²) in [6.45, 7) is 3.29. The Bertz CT molecular complexity index is 295. The predicted octanol–water partition coefficient (Wildman–Crippen LogP) is 1.66. The fourth-order valence-electron chi connectivity index (χ4n) is 1.38. The molecule has 0 aliphatic heterocycles. The van der Waals surface area contributed by atoms with E-state index in [2.05, 4.69) is 10.6 Å². The van der Waals surface area contributed by atoms with Crippen LogP contribution in [-0.2, 0) is 6.54 Å². The Balaban J connectivity index is 2.50. The molecule has 2 nitrogen and oxygen atoms in total. The van der Waals surface area contributed by atoms with Gasteiger partial charge >= 0.3 is 0 Å². The lowest BCUT2D eigenvalue weighted by molar-refractivity contribution is 0.517. The summed E-state index contributed by atoms with van der Waals surface area (Å²) in [7, 11) is 1.86. The standard InChI is InChI=1S/C11H16F2N2/c1-8(6-14-2)15-7-9-3-10(12)5-11(13)4-9/h3-5,8,14-15H,6-7H2,1-2H3. The zero-order valence-electron chi connectivity index (χ0n) is 8.98. The van der Waals surface area contributed by atoms with E-state index >= 15 is 0 Å². The zero-order chi connectivity index (χ0) is 11.3. The highest BCUT2D eigenvalue weighted by atomic mass is 19.1. The molecule has 0 bridgehead atoms. The monoisotopic (exact) mass is 214 g/mol. The molecule has 1 aromatic rings. The third-order valence-electron chi connectivity index (χ3n) is 2.09. The topological polar surface area (TPSA) is 24.1 Å². The Kier molecular flexibility index (Phi) is 4.65. The first-order valence-corrected chi connectivity index (χ1v) is 4.94. The maximum Gasteiger partial charge on any atom is 0.126 e. The summed E-state index contributed by atoms with van der Waals surface area (Å²) in [5.41, 5.74) is 0.621. The number of nitrogens with one attached hydrogen (secondary N) is 2. The van der Waals surface area contributed by atoms with E-state index in [9.17, 15) is 8.78 Å². The van der Waals surface area contributed by atoms with Gasteiger partial charge in [0.15, 0.2) is 0 Å². The quantitative estimate of drug-likeness (QED) is 0.779. The second kappa shape index (κ2) is 5.78. The van der Waals surface area contributed by atoms with Gasteiger partial charge in [-0.15, -0.1) is 0 Å². The van der Waals surface area contributed by atoms with E-state index in [0.717, 1.165) is 12.6 Å². The lowest BCUT2D eigenvalue weighted by Crippen LogP contribution is -2.34. The lowest BCUT2D eigenvalue weighted by atomic mass is 10.2. The van der Waals surface area contributed by atoms with Crippen LogP contribution in [0.3, 0.4) is 0 Å². The van der Waals surface area contributed by atoms with Crippen molar-refractivity contribution in [3.05, 3.63) is 35.4 Å². The van der Waals surface area contributed by atoms with Crippen molar-refractivity contribution in [2.45, 2.75) is 19.5 Å². The maximum atomic E-state index is 12.8. The molecule has 4 heteroatoms. The minimum absolute atomic E-state index is 0.265. The van der Waals surface area contributed by atoms with Gasteiger partial charge in [0.05, 0.1) is 0 Å². The average molecular weight is 214 g/mol. The molecule has 0 saturated heterocycles. The molecule has 0 spiro atoms. The molecule has 15 heavy (non-hydrogen) atoms. The van der Waals surface area contributed by atoms with E-state index in [-0.39, 0.29) is 6.04 Å². The molecule has 84 valence electrons. The first-order chi connectivity index (χ1) is 7.11. The molecule has 0 heterocycles. The molecule has 1 atom stereocenters. The van der Waals surface area contributed by atoms with Crippen molar-refractivity contribution in [2.24, 2.45) is 0 Å². The molecule has 0 aliphatic rings. The number of halogens is 2. The fraction of sp³-hybridized carbons (Fsp3) is 0.455. The average Bonchev–Trinajstić information content (AvgIpc) is 2.14. The summed E-state index contributed by atoms with van der Waals surface area (Å²) in [5.74, 6) is -1.07. The lowest BCUT2D eigenvalue weighted by Gasteiger charge is -2.13. The van der Waals surface area contributed by atoms with Gasteiger partial charge in [-0.25, -0.2) is 8.78 Å². The molecule has 0 aromatic heterocycles. The molecule has 0 fully saturated rings. The first-order valence-electron chi connectivity index (χ1n) is 4.94. The van der Waals surface area contributed by atoms with E-state index < -0.39 is 11.6 Å². The number of hydrogen-bond donors (Lipinski definition) is 2. The van der Waals surface area contributed by atoms with E-state index in [4.69, 9.17) is 0 Å². The number of likely N-dealkylation sites (N-methyl/N-ethyl adjacent to an activating group) is 1. The van der Waals surface area contributed by atoms with Crippen LogP contribution in [-0.4, -0.2) is 19.6 Å². The minimum Gasteiger partial charge on any atom is -0.318 e.